The summed E-state index contributed by atoms with van der Waals surface area (Å²) in [6, 6.07) is 4.93. The largest absolute Gasteiger partial charge is 0.385 e. The standard InChI is InChI=1S/C19H24ClN3O3/c1-5-21-16-8-13(20)7-14(12(16)3)19(25)22-9-15-17(10-26-4)23-11(2)6-18(15)24/h6-8,21H,5,9-10H2,1-4H3,(H,22,25)(H,23,24). The number of ether oxygens (including phenoxy) is 1. The molecule has 0 radical (unpaired) electrons. The van der Waals surface area contributed by atoms with Gasteiger partial charge in [0.1, 0.15) is 0 Å². The van der Waals surface area contributed by atoms with Crippen molar-refractivity contribution in [3.63, 3.8) is 0 Å². The van der Waals surface area contributed by atoms with Gasteiger partial charge in [0, 0.05) is 53.8 Å². The maximum absolute atomic E-state index is 12.7. The third-order valence-corrected chi connectivity index (χ3v) is 4.27. The number of carbonyl (C=O) groups excluding carboxylic acids is 1. The van der Waals surface area contributed by atoms with Crippen LogP contribution < -0.4 is 16.1 Å². The fourth-order valence-electron chi connectivity index (χ4n) is 2.80. The summed E-state index contributed by atoms with van der Waals surface area (Å²) in [6.07, 6.45) is 0. The van der Waals surface area contributed by atoms with Crippen LogP contribution in [-0.2, 0) is 17.9 Å². The lowest BCUT2D eigenvalue weighted by atomic mass is 10.1. The topological polar surface area (TPSA) is 83.2 Å². The SMILES string of the molecule is CCNc1cc(Cl)cc(C(=O)NCc2c(COC)[nH]c(C)cc2=O)c1C. The normalized spacial score (nSPS) is 10.7. The van der Waals surface area contributed by atoms with E-state index in [2.05, 4.69) is 15.6 Å². The highest BCUT2D eigenvalue weighted by atomic mass is 35.5. The molecule has 1 amide bonds. The molecule has 140 valence electrons. The van der Waals surface area contributed by atoms with Crippen molar-refractivity contribution in [2.24, 2.45) is 0 Å². The van der Waals surface area contributed by atoms with Gasteiger partial charge in [0.15, 0.2) is 5.43 Å². The van der Waals surface area contributed by atoms with Crippen LogP contribution in [-0.4, -0.2) is 24.5 Å². The van der Waals surface area contributed by atoms with Crippen molar-refractivity contribution < 1.29 is 9.53 Å². The summed E-state index contributed by atoms with van der Waals surface area (Å²) in [6.45, 7) is 6.74. The Kier molecular flexibility index (Phi) is 6.83. The van der Waals surface area contributed by atoms with Gasteiger partial charge in [-0.15, -0.1) is 0 Å². The number of amides is 1. The first-order chi connectivity index (χ1) is 12.4. The lowest BCUT2D eigenvalue weighted by Crippen LogP contribution is -2.28. The van der Waals surface area contributed by atoms with Crippen LogP contribution in [0.25, 0.3) is 0 Å². The second kappa shape index (κ2) is 8.87. The Bertz CT molecular complexity index is 862. The van der Waals surface area contributed by atoms with Crippen LogP contribution in [0.3, 0.4) is 0 Å². The van der Waals surface area contributed by atoms with Gasteiger partial charge in [0.2, 0.25) is 0 Å². The number of hydrogen-bond donors (Lipinski definition) is 3. The average Bonchev–Trinajstić information content (AvgIpc) is 2.57. The molecule has 0 saturated carbocycles. The number of aryl methyl sites for hydroxylation is 1. The molecule has 6 nitrogen and oxygen atoms in total. The molecule has 7 heteroatoms. The van der Waals surface area contributed by atoms with E-state index in [0.717, 1.165) is 23.5 Å². The van der Waals surface area contributed by atoms with Crippen molar-refractivity contribution in [2.75, 3.05) is 19.0 Å². The molecule has 0 aliphatic heterocycles. The fraction of sp³-hybridized carbons (Fsp3) is 0.368. The van der Waals surface area contributed by atoms with E-state index in [1.165, 1.54) is 6.07 Å². The number of halogens is 1. The van der Waals surface area contributed by atoms with E-state index in [9.17, 15) is 9.59 Å². The Labute approximate surface area is 157 Å². The van der Waals surface area contributed by atoms with Gasteiger partial charge in [-0.2, -0.15) is 0 Å². The highest BCUT2D eigenvalue weighted by molar-refractivity contribution is 6.31. The summed E-state index contributed by atoms with van der Waals surface area (Å²) in [5, 5.41) is 6.48. The van der Waals surface area contributed by atoms with Gasteiger partial charge in [-0.3, -0.25) is 9.59 Å². The molecule has 0 unspecified atom stereocenters. The molecule has 1 aromatic heterocycles. The van der Waals surface area contributed by atoms with Gasteiger partial charge in [-0.05, 0) is 38.5 Å². The molecule has 0 fully saturated rings. The van der Waals surface area contributed by atoms with E-state index in [4.69, 9.17) is 16.3 Å². The van der Waals surface area contributed by atoms with Crippen molar-refractivity contribution in [1.29, 1.82) is 0 Å². The van der Waals surface area contributed by atoms with Crippen LogP contribution in [0, 0.1) is 13.8 Å². The summed E-state index contributed by atoms with van der Waals surface area (Å²) in [5.41, 5.74) is 3.86. The number of rotatable bonds is 7. The maximum Gasteiger partial charge on any atom is 0.251 e. The minimum absolute atomic E-state index is 0.107. The quantitative estimate of drug-likeness (QED) is 0.692. The number of aromatic nitrogens is 1. The van der Waals surface area contributed by atoms with Gasteiger partial charge >= 0.3 is 0 Å². The van der Waals surface area contributed by atoms with E-state index in [0.29, 0.717) is 21.8 Å². The second-order valence-electron chi connectivity index (χ2n) is 6.05. The number of nitrogens with one attached hydrogen (secondary N) is 3. The summed E-state index contributed by atoms with van der Waals surface area (Å²) in [4.78, 5) is 28.1. The number of anilines is 1. The number of methoxy groups -OCH3 is 1. The predicted molar refractivity (Wildman–Crippen MR) is 104 cm³/mol. The first-order valence-corrected chi connectivity index (χ1v) is 8.78. The van der Waals surface area contributed by atoms with Crippen LogP contribution in [0.4, 0.5) is 5.69 Å². The molecule has 0 spiro atoms. The summed E-state index contributed by atoms with van der Waals surface area (Å²) >= 11 is 6.14. The molecule has 0 atom stereocenters. The van der Waals surface area contributed by atoms with Crippen LogP contribution in [0.15, 0.2) is 23.0 Å². The molecule has 1 aromatic carbocycles. The number of aromatic amines is 1. The molecule has 3 N–H and O–H groups in total. The lowest BCUT2D eigenvalue weighted by Gasteiger charge is -2.14. The monoisotopic (exact) mass is 377 g/mol. The van der Waals surface area contributed by atoms with E-state index in [-0.39, 0.29) is 24.5 Å². The van der Waals surface area contributed by atoms with Gasteiger partial charge in [-0.25, -0.2) is 0 Å². The first kappa shape index (κ1) is 20.0. The molecular formula is C19H24ClN3O3. The number of carbonyl (C=O) groups is 1. The van der Waals surface area contributed by atoms with Crippen molar-refractivity contribution >= 4 is 23.2 Å². The van der Waals surface area contributed by atoms with Crippen molar-refractivity contribution in [3.8, 4) is 0 Å². The molecule has 0 aliphatic rings. The lowest BCUT2D eigenvalue weighted by molar-refractivity contribution is 0.0949. The zero-order chi connectivity index (χ0) is 19.3. The Hall–Kier alpha value is -2.31. The third-order valence-electron chi connectivity index (χ3n) is 4.06. The van der Waals surface area contributed by atoms with Gasteiger partial charge in [0.05, 0.1) is 12.3 Å². The zero-order valence-electron chi connectivity index (χ0n) is 15.5. The zero-order valence-corrected chi connectivity index (χ0v) is 16.2. The van der Waals surface area contributed by atoms with Crippen molar-refractivity contribution in [3.05, 3.63) is 61.5 Å². The minimum Gasteiger partial charge on any atom is -0.385 e. The number of benzene rings is 1. The molecule has 0 bridgehead atoms. The van der Waals surface area contributed by atoms with Crippen molar-refractivity contribution in [1.82, 2.24) is 10.3 Å². The van der Waals surface area contributed by atoms with Gasteiger partial charge < -0.3 is 20.4 Å². The van der Waals surface area contributed by atoms with E-state index < -0.39 is 0 Å². The molecule has 1 heterocycles. The third kappa shape index (κ3) is 4.65. The summed E-state index contributed by atoms with van der Waals surface area (Å²) in [7, 11) is 1.56. The van der Waals surface area contributed by atoms with Crippen LogP contribution in [0.1, 0.15) is 39.8 Å². The molecule has 2 rings (SSSR count). The Morgan fingerprint density at radius 2 is 2.00 bits per heavy atom. The fourth-order valence-corrected chi connectivity index (χ4v) is 3.01. The van der Waals surface area contributed by atoms with Gasteiger partial charge in [-0.1, -0.05) is 11.6 Å². The van der Waals surface area contributed by atoms with Crippen LogP contribution in [0.5, 0.6) is 0 Å². The molecule has 0 saturated heterocycles. The number of H-pyrrole nitrogens is 1. The van der Waals surface area contributed by atoms with Crippen molar-refractivity contribution in [2.45, 2.75) is 33.9 Å². The van der Waals surface area contributed by atoms with E-state index in [1.807, 2.05) is 13.8 Å². The van der Waals surface area contributed by atoms with E-state index in [1.54, 1.807) is 26.2 Å². The van der Waals surface area contributed by atoms with Crippen LogP contribution in [0.2, 0.25) is 5.02 Å². The summed E-state index contributed by atoms with van der Waals surface area (Å²) < 4.78 is 5.14. The summed E-state index contributed by atoms with van der Waals surface area (Å²) in [5.74, 6) is -0.285. The molecule has 26 heavy (non-hydrogen) atoms. The second-order valence-corrected chi connectivity index (χ2v) is 6.48. The number of pyridine rings is 1. The highest BCUT2D eigenvalue weighted by Crippen LogP contribution is 2.25. The first-order valence-electron chi connectivity index (χ1n) is 8.40. The molecule has 0 aliphatic carbocycles. The Balaban J connectivity index is 2.26. The average molecular weight is 378 g/mol. The van der Waals surface area contributed by atoms with E-state index >= 15 is 0 Å². The Morgan fingerprint density at radius 1 is 1.27 bits per heavy atom. The highest BCUT2D eigenvalue weighted by Gasteiger charge is 2.15. The molecular weight excluding hydrogens is 354 g/mol. The maximum atomic E-state index is 12.7. The smallest absolute Gasteiger partial charge is 0.251 e. The number of hydrogen-bond acceptors (Lipinski definition) is 4. The predicted octanol–water partition coefficient (Wildman–Crippen LogP) is 3.15. The minimum atomic E-state index is -0.285. The Morgan fingerprint density at radius 3 is 2.65 bits per heavy atom. The van der Waals surface area contributed by atoms with Gasteiger partial charge in [0.25, 0.3) is 5.91 Å². The van der Waals surface area contributed by atoms with Crippen LogP contribution >= 0.6 is 11.6 Å². The molecule has 2 aromatic rings.